The van der Waals surface area contributed by atoms with Crippen molar-refractivity contribution in [3.05, 3.63) is 54.1 Å². The van der Waals surface area contributed by atoms with Crippen LogP contribution >= 0.6 is 0 Å². The molecule has 0 saturated carbocycles. The molecular weight excluding hydrogens is 222 g/mol. The summed E-state index contributed by atoms with van der Waals surface area (Å²) in [4.78, 5) is 0. The third-order valence-corrected chi connectivity index (χ3v) is 3.09. The zero-order valence-electron chi connectivity index (χ0n) is 10.1. The topological polar surface area (TPSA) is 51.8 Å². The van der Waals surface area contributed by atoms with Gasteiger partial charge < -0.3 is 5.73 Å². The van der Waals surface area contributed by atoms with Gasteiger partial charge in [0.2, 0.25) is 0 Å². The van der Waals surface area contributed by atoms with Gasteiger partial charge in [0.05, 0.1) is 5.69 Å². The molecule has 0 spiro atoms. The minimum Gasteiger partial charge on any atom is -0.382 e. The summed E-state index contributed by atoms with van der Waals surface area (Å²) in [6.45, 7) is 1.94. The Labute approximate surface area is 105 Å². The molecular formula is C15H13N3. The van der Waals surface area contributed by atoms with E-state index in [2.05, 4.69) is 34.5 Å². The molecule has 1 heterocycles. The first-order chi connectivity index (χ1) is 8.75. The van der Waals surface area contributed by atoms with E-state index in [9.17, 15) is 0 Å². The number of benzene rings is 2. The maximum absolute atomic E-state index is 5.71. The van der Waals surface area contributed by atoms with Gasteiger partial charge in [-0.1, -0.05) is 42.5 Å². The predicted octanol–water partition coefficient (Wildman–Crippen LogP) is 3.19. The Balaban J connectivity index is 2.28. The normalized spacial score (nSPS) is 10.7. The molecule has 3 heteroatoms. The minimum absolute atomic E-state index is 0.485. The summed E-state index contributed by atoms with van der Waals surface area (Å²) in [5.41, 5.74) is 8.60. The van der Waals surface area contributed by atoms with E-state index in [1.807, 2.05) is 31.2 Å². The predicted molar refractivity (Wildman–Crippen MR) is 74.1 cm³/mol. The van der Waals surface area contributed by atoms with Crippen molar-refractivity contribution >= 4 is 16.6 Å². The van der Waals surface area contributed by atoms with Crippen LogP contribution in [0.25, 0.3) is 22.0 Å². The van der Waals surface area contributed by atoms with Gasteiger partial charge in [-0.3, -0.25) is 0 Å². The van der Waals surface area contributed by atoms with Crippen LogP contribution in [-0.2, 0) is 0 Å². The zero-order chi connectivity index (χ0) is 12.5. The summed E-state index contributed by atoms with van der Waals surface area (Å²) in [6, 6.07) is 16.4. The lowest BCUT2D eigenvalue weighted by atomic mass is 10.0. The minimum atomic E-state index is 0.485. The summed E-state index contributed by atoms with van der Waals surface area (Å²) in [7, 11) is 0. The van der Waals surface area contributed by atoms with Crippen LogP contribution in [0.2, 0.25) is 0 Å². The third-order valence-electron chi connectivity index (χ3n) is 3.09. The molecule has 0 atom stereocenters. The lowest BCUT2D eigenvalue weighted by Crippen LogP contribution is -1.98. The molecule has 0 aliphatic rings. The van der Waals surface area contributed by atoms with Crippen molar-refractivity contribution in [2.24, 2.45) is 0 Å². The van der Waals surface area contributed by atoms with Gasteiger partial charge in [-0.25, -0.2) is 0 Å². The fourth-order valence-corrected chi connectivity index (χ4v) is 2.07. The van der Waals surface area contributed by atoms with Gasteiger partial charge in [0.25, 0.3) is 0 Å². The Morgan fingerprint density at radius 1 is 0.944 bits per heavy atom. The standard InChI is InChI=1S/C15H13N3/c1-10-9-14(17-18-15(10)16)13-8-4-6-11-5-2-3-7-12(11)13/h2-9H,1H3,(H2,16,18). The van der Waals surface area contributed by atoms with Gasteiger partial charge in [-0.15, -0.1) is 10.2 Å². The lowest BCUT2D eigenvalue weighted by molar-refractivity contribution is 1.04. The van der Waals surface area contributed by atoms with Crippen LogP contribution < -0.4 is 5.73 Å². The Morgan fingerprint density at radius 3 is 2.56 bits per heavy atom. The molecule has 3 rings (SSSR count). The molecule has 0 saturated heterocycles. The van der Waals surface area contributed by atoms with Crippen LogP contribution in [0.3, 0.4) is 0 Å². The number of nitrogens with zero attached hydrogens (tertiary/aromatic N) is 2. The number of aromatic nitrogens is 2. The summed E-state index contributed by atoms with van der Waals surface area (Å²) in [6.07, 6.45) is 0. The number of nitrogen functional groups attached to an aromatic ring is 1. The molecule has 0 aliphatic heterocycles. The second-order valence-corrected chi connectivity index (χ2v) is 4.32. The van der Waals surface area contributed by atoms with Crippen LogP contribution in [0.15, 0.2) is 48.5 Å². The van der Waals surface area contributed by atoms with E-state index in [1.165, 1.54) is 10.8 Å². The third kappa shape index (κ3) is 1.70. The molecule has 0 amide bonds. The number of nitrogens with two attached hydrogens (primary N) is 1. The first kappa shape index (κ1) is 10.7. The fourth-order valence-electron chi connectivity index (χ4n) is 2.07. The molecule has 3 aromatic rings. The average molecular weight is 235 g/mol. The zero-order valence-corrected chi connectivity index (χ0v) is 10.1. The molecule has 0 aliphatic carbocycles. The molecule has 18 heavy (non-hydrogen) atoms. The largest absolute Gasteiger partial charge is 0.382 e. The van der Waals surface area contributed by atoms with Crippen LogP contribution in [0, 0.1) is 6.92 Å². The molecule has 0 fully saturated rings. The van der Waals surface area contributed by atoms with Gasteiger partial charge in [0.1, 0.15) is 5.82 Å². The number of hydrogen-bond donors (Lipinski definition) is 1. The van der Waals surface area contributed by atoms with Crippen molar-refractivity contribution in [3.63, 3.8) is 0 Å². The van der Waals surface area contributed by atoms with Crippen LogP contribution in [0.4, 0.5) is 5.82 Å². The summed E-state index contributed by atoms with van der Waals surface area (Å²) in [5, 5.41) is 10.6. The Bertz CT molecular complexity index is 715. The SMILES string of the molecule is Cc1cc(-c2cccc3ccccc23)nnc1N. The Hall–Kier alpha value is -2.42. The molecule has 1 aromatic heterocycles. The van der Waals surface area contributed by atoms with Crippen LogP contribution in [-0.4, -0.2) is 10.2 Å². The van der Waals surface area contributed by atoms with Gasteiger partial charge in [-0.05, 0) is 29.3 Å². The van der Waals surface area contributed by atoms with Crippen LogP contribution in [0.5, 0.6) is 0 Å². The fraction of sp³-hybridized carbons (Fsp3) is 0.0667. The number of anilines is 1. The van der Waals surface area contributed by atoms with Crippen molar-refractivity contribution in [3.8, 4) is 11.3 Å². The molecule has 0 bridgehead atoms. The number of aryl methyl sites for hydroxylation is 1. The average Bonchev–Trinajstić information content (AvgIpc) is 2.41. The first-order valence-corrected chi connectivity index (χ1v) is 5.83. The molecule has 88 valence electrons. The summed E-state index contributed by atoms with van der Waals surface area (Å²) >= 11 is 0. The van der Waals surface area contributed by atoms with Gasteiger partial charge in [-0.2, -0.15) is 0 Å². The van der Waals surface area contributed by atoms with E-state index in [1.54, 1.807) is 0 Å². The molecule has 3 nitrogen and oxygen atoms in total. The highest BCUT2D eigenvalue weighted by molar-refractivity contribution is 5.95. The van der Waals surface area contributed by atoms with Crippen molar-refractivity contribution in [2.75, 3.05) is 5.73 Å². The van der Waals surface area contributed by atoms with E-state index in [0.29, 0.717) is 5.82 Å². The van der Waals surface area contributed by atoms with Crippen LogP contribution in [0.1, 0.15) is 5.56 Å². The van der Waals surface area contributed by atoms with E-state index in [4.69, 9.17) is 5.73 Å². The highest BCUT2D eigenvalue weighted by Crippen LogP contribution is 2.27. The number of fused-ring (bicyclic) bond motifs is 1. The molecule has 0 unspecified atom stereocenters. The van der Waals surface area contributed by atoms with Crippen molar-refractivity contribution in [1.82, 2.24) is 10.2 Å². The number of rotatable bonds is 1. The molecule has 2 N–H and O–H groups in total. The lowest BCUT2D eigenvalue weighted by Gasteiger charge is -2.06. The maximum Gasteiger partial charge on any atom is 0.149 e. The van der Waals surface area contributed by atoms with Gasteiger partial charge in [0, 0.05) is 5.56 Å². The highest BCUT2D eigenvalue weighted by atomic mass is 15.1. The smallest absolute Gasteiger partial charge is 0.149 e. The maximum atomic E-state index is 5.71. The van der Waals surface area contributed by atoms with E-state index < -0.39 is 0 Å². The van der Waals surface area contributed by atoms with Gasteiger partial charge >= 0.3 is 0 Å². The summed E-state index contributed by atoms with van der Waals surface area (Å²) < 4.78 is 0. The molecule has 2 aromatic carbocycles. The first-order valence-electron chi connectivity index (χ1n) is 5.83. The number of hydrogen-bond acceptors (Lipinski definition) is 3. The van der Waals surface area contributed by atoms with Crippen molar-refractivity contribution < 1.29 is 0 Å². The second-order valence-electron chi connectivity index (χ2n) is 4.32. The summed E-state index contributed by atoms with van der Waals surface area (Å²) in [5.74, 6) is 0.485. The Kier molecular flexibility index (Phi) is 2.45. The van der Waals surface area contributed by atoms with E-state index >= 15 is 0 Å². The van der Waals surface area contributed by atoms with Crippen molar-refractivity contribution in [1.29, 1.82) is 0 Å². The second kappa shape index (κ2) is 4.11. The van der Waals surface area contributed by atoms with Crippen molar-refractivity contribution in [2.45, 2.75) is 6.92 Å². The molecule has 0 radical (unpaired) electrons. The van der Waals surface area contributed by atoms with E-state index in [0.717, 1.165) is 16.8 Å². The quantitative estimate of drug-likeness (QED) is 0.704. The van der Waals surface area contributed by atoms with Gasteiger partial charge in [0.15, 0.2) is 0 Å². The monoisotopic (exact) mass is 235 g/mol. The highest BCUT2D eigenvalue weighted by Gasteiger charge is 2.06. The Morgan fingerprint density at radius 2 is 1.72 bits per heavy atom. The van der Waals surface area contributed by atoms with E-state index in [-0.39, 0.29) is 0 Å².